The molecule has 0 aliphatic rings. The van der Waals surface area contributed by atoms with E-state index in [1.54, 1.807) is 6.92 Å². The summed E-state index contributed by atoms with van der Waals surface area (Å²) in [6, 6.07) is 0. The fourth-order valence-electron chi connectivity index (χ4n) is 1.37. The molecule has 0 saturated heterocycles. The van der Waals surface area contributed by atoms with Gasteiger partial charge >= 0.3 is 0 Å². The maximum Gasteiger partial charge on any atom is 0.198 e. The van der Waals surface area contributed by atoms with Crippen LogP contribution in [0.1, 0.15) is 58.8 Å². The van der Waals surface area contributed by atoms with Crippen molar-refractivity contribution in [1.82, 2.24) is 0 Å². The summed E-state index contributed by atoms with van der Waals surface area (Å²) in [5, 5.41) is 0. The van der Waals surface area contributed by atoms with E-state index in [0.29, 0.717) is 12.8 Å². The molecule has 0 unspecified atom stereocenters. The first-order valence-corrected chi connectivity index (χ1v) is 5.57. The normalized spacial score (nSPS) is 10.0. The molecule has 0 atom stereocenters. The van der Waals surface area contributed by atoms with E-state index in [9.17, 15) is 14.4 Å². The van der Waals surface area contributed by atoms with Gasteiger partial charge in [0.2, 0.25) is 0 Å². The molecule has 3 nitrogen and oxygen atoms in total. The van der Waals surface area contributed by atoms with E-state index in [2.05, 4.69) is 0 Å². The third-order valence-electron chi connectivity index (χ3n) is 2.33. The lowest BCUT2D eigenvalue weighted by atomic mass is 10.1. The van der Waals surface area contributed by atoms with Gasteiger partial charge in [0.1, 0.15) is 5.78 Å². The summed E-state index contributed by atoms with van der Waals surface area (Å²) in [5.41, 5.74) is 0. The molecule has 0 bridgehead atoms. The molecule has 0 amide bonds. The van der Waals surface area contributed by atoms with Crippen LogP contribution in [0.2, 0.25) is 0 Å². The van der Waals surface area contributed by atoms with E-state index in [1.807, 2.05) is 0 Å². The number of unbranched alkanes of at least 4 members (excludes halogenated alkanes) is 4. The van der Waals surface area contributed by atoms with Gasteiger partial charge in [-0.1, -0.05) is 19.3 Å². The first-order chi connectivity index (χ1) is 7.04. The Morgan fingerprint density at radius 1 is 0.733 bits per heavy atom. The summed E-state index contributed by atoms with van der Waals surface area (Å²) in [6.07, 6.45) is 5.81. The van der Waals surface area contributed by atoms with Crippen LogP contribution >= 0.6 is 0 Å². The molecule has 0 heterocycles. The van der Waals surface area contributed by atoms with Gasteiger partial charge < -0.3 is 4.79 Å². The minimum absolute atomic E-state index is 0.238. The lowest BCUT2D eigenvalue weighted by molar-refractivity contribution is -0.135. The van der Waals surface area contributed by atoms with Crippen LogP contribution in [0.15, 0.2) is 0 Å². The van der Waals surface area contributed by atoms with Crippen molar-refractivity contribution in [1.29, 1.82) is 0 Å². The molecule has 3 heteroatoms. The lowest BCUT2D eigenvalue weighted by Gasteiger charge is -1.99. The predicted molar refractivity (Wildman–Crippen MR) is 58.7 cm³/mol. The van der Waals surface area contributed by atoms with Gasteiger partial charge in [0.15, 0.2) is 11.6 Å². The second-order valence-electron chi connectivity index (χ2n) is 3.95. The average molecular weight is 212 g/mol. The molecule has 0 spiro atoms. The molecule has 15 heavy (non-hydrogen) atoms. The number of rotatable bonds is 9. The maximum atomic E-state index is 10.9. The van der Waals surface area contributed by atoms with Crippen molar-refractivity contribution in [3.63, 3.8) is 0 Å². The smallest absolute Gasteiger partial charge is 0.198 e. The lowest BCUT2D eigenvalue weighted by Crippen LogP contribution is -2.08. The minimum atomic E-state index is -0.341. The molecule has 0 aromatic carbocycles. The van der Waals surface area contributed by atoms with Crippen LogP contribution in [0.25, 0.3) is 0 Å². The summed E-state index contributed by atoms with van der Waals surface area (Å²) < 4.78 is 0. The van der Waals surface area contributed by atoms with Crippen LogP contribution in [0.3, 0.4) is 0 Å². The van der Waals surface area contributed by atoms with Gasteiger partial charge in [-0.15, -0.1) is 0 Å². The Labute approximate surface area is 91.2 Å². The number of Topliss-reactive ketones (excluding diaryl/α,β-unsaturated/α-hetero) is 3. The van der Waals surface area contributed by atoms with Crippen LogP contribution < -0.4 is 0 Å². The third-order valence-corrected chi connectivity index (χ3v) is 2.33. The summed E-state index contributed by atoms with van der Waals surface area (Å²) in [6.45, 7) is 2.92. The van der Waals surface area contributed by atoms with Crippen molar-refractivity contribution in [2.75, 3.05) is 0 Å². The molecule has 0 aliphatic carbocycles. The Balaban J connectivity index is 3.22. The summed E-state index contributed by atoms with van der Waals surface area (Å²) >= 11 is 0. The molecular weight excluding hydrogens is 192 g/mol. The second-order valence-corrected chi connectivity index (χ2v) is 3.95. The molecule has 0 N–H and O–H groups in total. The molecule has 0 saturated carbocycles. The standard InChI is InChI=1S/C12H20O3/c1-10(13)8-6-4-3-5-7-9-12(15)11(2)14/h3-9H2,1-2H3. The van der Waals surface area contributed by atoms with Crippen LogP contribution in [-0.2, 0) is 14.4 Å². The predicted octanol–water partition coefficient (Wildman–Crippen LogP) is 2.46. The summed E-state index contributed by atoms with van der Waals surface area (Å²) in [5.74, 6) is -0.368. The highest BCUT2D eigenvalue weighted by molar-refractivity contribution is 6.36. The van der Waals surface area contributed by atoms with Gasteiger partial charge in [-0.3, -0.25) is 9.59 Å². The Hall–Kier alpha value is -0.990. The molecule has 0 rings (SSSR count). The van der Waals surface area contributed by atoms with E-state index in [0.717, 1.165) is 32.1 Å². The molecule has 0 aromatic heterocycles. The van der Waals surface area contributed by atoms with Crippen molar-refractivity contribution in [3.05, 3.63) is 0 Å². The first-order valence-electron chi connectivity index (χ1n) is 5.57. The Morgan fingerprint density at radius 3 is 1.67 bits per heavy atom. The highest BCUT2D eigenvalue weighted by Crippen LogP contribution is 2.07. The van der Waals surface area contributed by atoms with Gasteiger partial charge in [-0.2, -0.15) is 0 Å². The van der Waals surface area contributed by atoms with Crippen LogP contribution in [0, 0.1) is 0 Å². The molecule has 0 aromatic rings. The van der Waals surface area contributed by atoms with Crippen molar-refractivity contribution in [2.24, 2.45) is 0 Å². The SMILES string of the molecule is CC(=O)CCCCCCCC(=O)C(C)=O. The quantitative estimate of drug-likeness (QED) is 0.436. The van der Waals surface area contributed by atoms with Crippen molar-refractivity contribution < 1.29 is 14.4 Å². The molecule has 86 valence electrons. The first kappa shape index (κ1) is 14.0. The van der Waals surface area contributed by atoms with Gasteiger partial charge in [0.05, 0.1) is 0 Å². The molecule has 0 radical (unpaired) electrons. The number of hydrogen-bond donors (Lipinski definition) is 0. The molecule has 0 fully saturated rings. The fourth-order valence-corrected chi connectivity index (χ4v) is 1.37. The van der Waals surface area contributed by atoms with Crippen LogP contribution in [-0.4, -0.2) is 17.3 Å². The van der Waals surface area contributed by atoms with Gasteiger partial charge in [-0.25, -0.2) is 0 Å². The highest BCUT2D eigenvalue weighted by Gasteiger charge is 2.06. The van der Waals surface area contributed by atoms with E-state index in [-0.39, 0.29) is 17.3 Å². The largest absolute Gasteiger partial charge is 0.300 e. The van der Waals surface area contributed by atoms with E-state index in [4.69, 9.17) is 0 Å². The van der Waals surface area contributed by atoms with Gasteiger partial charge in [0.25, 0.3) is 0 Å². The highest BCUT2D eigenvalue weighted by atomic mass is 16.2. The molecular formula is C12H20O3. The zero-order valence-electron chi connectivity index (χ0n) is 9.67. The topological polar surface area (TPSA) is 51.2 Å². The maximum absolute atomic E-state index is 10.9. The van der Waals surface area contributed by atoms with E-state index >= 15 is 0 Å². The van der Waals surface area contributed by atoms with E-state index < -0.39 is 0 Å². The number of carbonyl (C=O) groups is 3. The minimum Gasteiger partial charge on any atom is -0.300 e. The number of ketones is 3. The van der Waals surface area contributed by atoms with Gasteiger partial charge in [0, 0.05) is 19.8 Å². The van der Waals surface area contributed by atoms with Crippen molar-refractivity contribution >= 4 is 17.3 Å². The summed E-state index contributed by atoms with van der Waals surface area (Å²) in [4.78, 5) is 32.1. The fraction of sp³-hybridized carbons (Fsp3) is 0.750. The van der Waals surface area contributed by atoms with Gasteiger partial charge in [-0.05, 0) is 19.8 Å². The molecule has 0 aliphatic heterocycles. The number of hydrogen-bond acceptors (Lipinski definition) is 3. The zero-order valence-corrected chi connectivity index (χ0v) is 9.67. The monoisotopic (exact) mass is 212 g/mol. The second kappa shape index (κ2) is 8.33. The average Bonchev–Trinajstić information content (AvgIpc) is 2.15. The zero-order chi connectivity index (χ0) is 11.7. The Kier molecular flexibility index (Phi) is 7.78. The van der Waals surface area contributed by atoms with Crippen LogP contribution in [0.4, 0.5) is 0 Å². The Morgan fingerprint density at radius 2 is 1.20 bits per heavy atom. The third kappa shape index (κ3) is 9.32. The Bertz CT molecular complexity index is 231. The van der Waals surface area contributed by atoms with Crippen molar-refractivity contribution in [2.45, 2.75) is 58.8 Å². The number of carbonyl (C=O) groups excluding carboxylic acids is 3. The van der Waals surface area contributed by atoms with Crippen LogP contribution in [0.5, 0.6) is 0 Å². The van der Waals surface area contributed by atoms with Crippen molar-refractivity contribution in [3.8, 4) is 0 Å². The van der Waals surface area contributed by atoms with E-state index in [1.165, 1.54) is 6.92 Å². The summed E-state index contributed by atoms with van der Waals surface area (Å²) in [7, 11) is 0.